The predicted octanol–water partition coefficient (Wildman–Crippen LogP) is 0.872. The maximum absolute atomic E-state index is 12.6. The van der Waals surface area contributed by atoms with Crippen molar-refractivity contribution < 1.29 is 22.7 Å². The maximum atomic E-state index is 12.6. The number of ether oxygens (including phenoxy) is 1. The number of amides is 1. The van der Waals surface area contributed by atoms with Crippen LogP contribution in [0.2, 0.25) is 0 Å². The van der Waals surface area contributed by atoms with Crippen molar-refractivity contribution in [3.8, 4) is 0 Å². The molecule has 2 N–H and O–H groups in total. The lowest BCUT2D eigenvalue weighted by Gasteiger charge is -2.22. The molecule has 1 saturated heterocycles. The summed E-state index contributed by atoms with van der Waals surface area (Å²) in [7, 11) is -3.84. The summed E-state index contributed by atoms with van der Waals surface area (Å²) < 4.78 is 27.7. The number of nitrogens with two attached hydrogens (primary N) is 1. The lowest BCUT2D eigenvalue weighted by molar-refractivity contribution is -0.147. The van der Waals surface area contributed by atoms with Crippen LogP contribution in [0, 0.1) is 6.92 Å². The molecule has 0 spiro atoms. The van der Waals surface area contributed by atoms with Crippen LogP contribution < -0.4 is 5.14 Å². The van der Waals surface area contributed by atoms with Gasteiger partial charge in [0, 0.05) is 6.54 Å². The zero-order valence-corrected chi connectivity index (χ0v) is 14.0. The van der Waals surface area contributed by atoms with E-state index < -0.39 is 22.0 Å². The van der Waals surface area contributed by atoms with Gasteiger partial charge in [0.15, 0.2) is 0 Å². The Balaban J connectivity index is 2.28. The fourth-order valence-electron chi connectivity index (χ4n) is 2.43. The van der Waals surface area contributed by atoms with E-state index in [0.29, 0.717) is 29.8 Å². The van der Waals surface area contributed by atoms with Gasteiger partial charge in [-0.15, -0.1) is 11.3 Å². The van der Waals surface area contributed by atoms with Gasteiger partial charge in [-0.2, -0.15) is 0 Å². The van der Waals surface area contributed by atoms with Crippen LogP contribution in [0.1, 0.15) is 35.0 Å². The van der Waals surface area contributed by atoms with Crippen molar-refractivity contribution in [2.75, 3.05) is 13.2 Å². The first-order chi connectivity index (χ1) is 10.3. The highest BCUT2D eigenvalue weighted by molar-refractivity contribution is 7.91. The molecule has 7 nitrogen and oxygen atoms in total. The van der Waals surface area contributed by atoms with E-state index in [1.165, 1.54) is 11.0 Å². The van der Waals surface area contributed by atoms with Crippen LogP contribution >= 0.6 is 11.3 Å². The molecule has 122 valence electrons. The fourth-order valence-corrected chi connectivity index (χ4v) is 4.35. The SMILES string of the molecule is CCOC(=O)[C@@H]1CCCN1C(=O)c1sc(S(N)(=O)=O)cc1C. The van der Waals surface area contributed by atoms with Gasteiger partial charge in [0.05, 0.1) is 11.5 Å². The van der Waals surface area contributed by atoms with Crippen LogP contribution in [0.5, 0.6) is 0 Å². The second kappa shape index (κ2) is 6.35. The molecule has 22 heavy (non-hydrogen) atoms. The minimum Gasteiger partial charge on any atom is -0.464 e. The number of thiophene rings is 1. The van der Waals surface area contributed by atoms with Gasteiger partial charge < -0.3 is 9.64 Å². The topological polar surface area (TPSA) is 107 Å². The molecule has 1 aliphatic rings. The predicted molar refractivity (Wildman–Crippen MR) is 81.1 cm³/mol. The molecule has 1 aliphatic heterocycles. The lowest BCUT2D eigenvalue weighted by atomic mass is 10.2. The Labute approximate surface area is 133 Å². The highest BCUT2D eigenvalue weighted by atomic mass is 32.2. The van der Waals surface area contributed by atoms with Crippen LogP contribution in [-0.2, 0) is 19.6 Å². The summed E-state index contributed by atoms with van der Waals surface area (Å²) in [5.74, 6) is -0.776. The lowest BCUT2D eigenvalue weighted by Crippen LogP contribution is -2.41. The molecule has 1 aromatic rings. The second-order valence-electron chi connectivity index (χ2n) is 5.03. The molecule has 1 atom stereocenters. The average Bonchev–Trinajstić information content (AvgIpc) is 3.03. The number of primary sulfonamides is 1. The van der Waals surface area contributed by atoms with E-state index >= 15 is 0 Å². The molecular formula is C13H18N2O5S2. The van der Waals surface area contributed by atoms with E-state index in [4.69, 9.17) is 9.88 Å². The molecule has 0 saturated carbocycles. The molecular weight excluding hydrogens is 328 g/mol. The van der Waals surface area contributed by atoms with Gasteiger partial charge in [0.1, 0.15) is 10.3 Å². The van der Waals surface area contributed by atoms with E-state index in [1.54, 1.807) is 13.8 Å². The Morgan fingerprint density at radius 1 is 1.50 bits per heavy atom. The Kier molecular flexibility index (Phi) is 4.88. The van der Waals surface area contributed by atoms with Gasteiger partial charge in [-0.05, 0) is 38.3 Å². The Bertz CT molecular complexity index is 695. The Hall–Kier alpha value is -1.45. The summed E-state index contributed by atoms with van der Waals surface area (Å²) in [5, 5.41) is 5.09. The molecule has 0 aliphatic carbocycles. The van der Waals surface area contributed by atoms with Crippen molar-refractivity contribution in [1.82, 2.24) is 4.90 Å². The molecule has 1 aromatic heterocycles. The molecule has 0 aromatic carbocycles. The van der Waals surface area contributed by atoms with E-state index in [2.05, 4.69) is 0 Å². The highest BCUT2D eigenvalue weighted by Gasteiger charge is 2.36. The quantitative estimate of drug-likeness (QED) is 0.814. The van der Waals surface area contributed by atoms with Crippen molar-refractivity contribution in [3.63, 3.8) is 0 Å². The summed E-state index contributed by atoms with van der Waals surface area (Å²) in [5.41, 5.74) is 0.536. The summed E-state index contributed by atoms with van der Waals surface area (Å²) in [6, 6.07) is 0.773. The maximum Gasteiger partial charge on any atom is 0.328 e. The molecule has 0 radical (unpaired) electrons. The van der Waals surface area contributed by atoms with Crippen molar-refractivity contribution in [2.45, 2.75) is 36.9 Å². The molecule has 2 rings (SSSR count). The zero-order valence-electron chi connectivity index (χ0n) is 12.4. The second-order valence-corrected chi connectivity index (χ2v) is 7.87. The smallest absolute Gasteiger partial charge is 0.328 e. The number of hydrogen-bond donors (Lipinski definition) is 1. The third-order valence-electron chi connectivity index (χ3n) is 3.44. The third-order valence-corrected chi connectivity index (χ3v) is 6.09. The van der Waals surface area contributed by atoms with Crippen LogP contribution in [0.25, 0.3) is 0 Å². The first kappa shape index (κ1) is 16.9. The number of likely N-dealkylation sites (tertiary alicyclic amines) is 1. The largest absolute Gasteiger partial charge is 0.464 e. The number of sulfonamides is 1. The number of carbonyl (C=O) groups is 2. The molecule has 1 amide bonds. The van der Waals surface area contributed by atoms with Crippen LogP contribution in [0.15, 0.2) is 10.3 Å². The van der Waals surface area contributed by atoms with Crippen molar-refractivity contribution in [2.24, 2.45) is 5.14 Å². The van der Waals surface area contributed by atoms with Gasteiger partial charge in [0.25, 0.3) is 5.91 Å². The summed E-state index contributed by atoms with van der Waals surface area (Å²) in [6.45, 7) is 4.06. The number of hydrogen-bond acceptors (Lipinski definition) is 6. The number of carbonyl (C=O) groups excluding carboxylic acids is 2. The van der Waals surface area contributed by atoms with E-state index in [9.17, 15) is 18.0 Å². The average molecular weight is 346 g/mol. The minimum atomic E-state index is -3.84. The van der Waals surface area contributed by atoms with Crippen molar-refractivity contribution >= 4 is 33.2 Å². The fraction of sp³-hybridized carbons (Fsp3) is 0.538. The minimum absolute atomic E-state index is 0.0553. The van der Waals surface area contributed by atoms with Gasteiger partial charge in [0.2, 0.25) is 10.0 Å². The van der Waals surface area contributed by atoms with E-state index in [0.717, 1.165) is 11.3 Å². The number of nitrogens with zero attached hydrogens (tertiary/aromatic N) is 1. The van der Waals surface area contributed by atoms with Crippen molar-refractivity contribution in [3.05, 3.63) is 16.5 Å². The zero-order chi connectivity index (χ0) is 16.5. The molecule has 0 unspecified atom stereocenters. The summed E-state index contributed by atoms with van der Waals surface area (Å²) in [4.78, 5) is 26.3. The first-order valence-electron chi connectivity index (χ1n) is 6.86. The van der Waals surface area contributed by atoms with Crippen molar-refractivity contribution in [1.29, 1.82) is 0 Å². The molecule has 0 bridgehead atoms. The number of rotatable bonds is 4. The number of esters is 1. The van der Waals surface area contributed by atoms with Gasteiger partial charge in [-0.25, -0.2) is 18.4 Å². The van der Waals surface area contributed by atoms with Gasteiger partial charge in [-0.1, -0.05) is 0 Å². The monoisotopic (exact) mass is 346 g/mol. The van der Waals surface area contributed by atoms with E-state index in [1.807, 2.05) is 0 Å². The Morgan fingerprint density at radius 2 is 2.18 bits per heavy atom. The normalized spacial score (nSPS) is 18.5. The molecule has 1 fully saturated rings. The molecule has 9 heteroatoms. The molecule has 2 heterocycles. The van der Waals surface area contributed by atoms with Crippen LogP contribution in [-0.4, -0.2) is 44.4 Å². The standard InChI is InChI=1S/C13H18N2O5S2/c1-3-20-13(17)9-5-4-6-15(9)12(16)11-8(2)7-10(21-11)22(14,18)19/h7,9H,3-6H2,1-2H3,(H2,14,18,19)/t9-/m0/s1. The third kappa shape index (κ3) is 3.31. The first-order valence-corrected chi connectivity index (χ1v) is 9.22. The van der Waals surface area contributed by atoms with Crippen LogP contribution in [0.4, 0.5) is 0 Å². The summed E-state index contributed by atoms with van der Waals surface area (Å²) in [6.07, 6.45) is 1.26. The van der Waals surface area contributed by atoms with Gasteiger partial charge in [-0.3, -0.25) is 4.79 Å². The highest BCUT2D eigenvalue weighted by Crippen LogP contribution is 2.29. The van der Waals surface area contributed by atoms with Crippen LogP contribution in [0.3, 0.4) is 0 Å². The van der Waals surface area contributed by atoms with Gasteiger partial charge >= 0.3 is 5.97 Å². The number of aryl methyl sites for hydroxylation is 1. The van der Waals surface area contributed by atoms with E-state index in [-0.39, 0.29) is 16.7 Å². The summed E-state index contributed by atoms with van der Waals surface area (Å²) >= 11 is 0.832. The Morgan fingerprint density at radius 3 is 2.73 bits per heavy atom.